The molecule has 1 amide bonds. The molecule has 0 N–H and O–H groups in total. The second-order valence-electron chi connectivity index (χ2n) is 14.8. The minimum atomic E-state index is -4.42. The Balaban J connectivity index is 1.34. The number of nitro benzene ring substituents is 1. The van der Waals surface area contributed by atoms with Gasteiger partial charge in [-0.2, -0.15) is 12.6 Å². The molecule has 1 aromatic heterocycles. The Labute approximate surface area is 374 Å². The number of methoxy groups -OCH3 is 1. The number of hydrogen-bond donors (Lipinski definition) is 1. The van der Waals surface area contributed by atoms with E-state index in [-0.39, 0.29) is 33.8 Å². The number of fused-ring (bicyclic) bond motifs is 1. The standard InChI is InChI=1S/C48H40N3O10PS2/c1-32(52)61-44(42-30-34-14-12-13-21-41(34)50(42)64(57,58)40-28-26-36(59-2)27-29-40)43-45(53)49(47(43)63)46(48(54)60-31-33-22-24-35(25-23-33)51(55)56)62(37-15-6-3-7-16-37,38-17-8-4-9-18-38)39-19-10-5-11-20-39/h3-30,43-44,47,63H,31H2,1-2H3. The third-order valence-electron chi connectivity index (χ3n) is 11.0. The molecule has 0 saturated carbocycles. The largest absolute Gasteiger partial charge is 0.497 e. The monoisotopic (exact) mass is 913 g/mol. The fraction of sp³-hybridized carbons (Fsp3) is 0.125. The average molecular weight is 914 g/mol. The fourth-order valence-corrected chi connectivity index (χ4v) is 14.6. The lowest BCUT2D eigenvalue weighted by atomic mass is 9.89. The minimum Gasteiger partial charge on any atom is -0.497 e. The maximum atomic E-state index is 15.4. The van der Waals surface area contributed by atoms with Crippen LogP contribution in [0.15, 0.2) is 175 Å². The van der Waals surface area contributed by atoms with E-state index in [1.807, 2.05) is 91.0 Å². The summed E-state index contributed by atoms with van der Waals surface area (Å²) >= 11 is 5.05. The molecule has 0 spiro atoms. The van der Waals surface area contributed by atoms with Crippen LogP contribution >= 0.6 is 19.5 Å². The maximum absolute atomic E-state index is 15.4. The lowest BCUT2D eigenvalue weighted by Gasteiger charge is -2.49. The molecule has 6 aromatic carbocycles. The van der Waals surface area contributed by atoms with Crippen molar-refractivity contribution >= 4 is 85.3 Å². The topological polar surface area (TPSA) is 164 Å². The average Bonchev–Trinajstić information content (AvgIpc) is 3.72. The van der Waals surface area contributed by atoms with Crippen LogP contribution in [-0.2, 0) is 40.5 Å². The zero-order valence-electron chi connectivity index (χ0n) is 34.3. The Hall–Kier alpha value is -6.93. The van der Waals surface area contributed by atoms with Crippen molar-refractivity contribution in [3.63, 3.8) is 0 Å². The van der Waals surface area contributed by atoms with Crippen molar-refractivity contribution in [3.05, 3.63) is 191 Å². The van der Waals surface area contributed by atoms with E-state index in [0.29, 0.717) is 32.6 Å². The van der Waals surface area contributed by atoms with E-state index in [4.69, 9.17) is 26.8 Å². The Morgan fingerprint density at radius 2 is 1.31 bits per heavy atom. The molecule has 324 valence electrons. The second kappa shape index (κ2) is 18.0. The summed E-state index contributed by atoms with van der Waals surface area (Å²) in [4.78, 5) is 55.8. The van der Waals surface area contributed by atoms with Crippen molar-refractivity contribution in [2.45, 2.75) is 29.9 Å². The van der Waals surface area contributed by atoms with Crippen molar-refractivity contribution in [3.8, 4) is 5.75 Å². The number of aromatic nitrogens is 1. The van der Waals surface area contributed by atoms with Gasteiger partial charge in [-0.05, 0) is 70.0 Å². The number of carbonyl (C=O) groups excluding carboxylic acids is 3. The first-order valence-electron chi connectivity index (χ1n) is 19.9. The summed E-state index contributed by atoms with van der Waals surface area (Å²) in [6.07, 6.45) is -1.51. The quantitative estimate of drug-likeness (QED) is 0.0301. The number of benzene rings is 6. The van der Waals surface area contributed by atoms with Crippen molar-refractivity contribution in [2.75, 3.05) is 7.11 Å². The SMILES string of the molecule is COc1ccc(S(=O)(=O)n2c(C(OC(C)=O)C3C(=O)N(C(C(=O)OCc4ccc([N+](=O)[O-])cc4)=P(c4ccccc4)(c4ccccc4)c4ccccc4)C3S)cc3ccccc32)cc1. The first-order valence-corrected chi connectivity index (χ1v) is 23.6. The van der Waals surface area contributed by atoms with Gasteiger partial charge in [0.2, 0.25) is 5.91 Å². The maximum Gasteiger partial charge on any atom is 0.356 e. The Bertz CT molecular complexity index is 2950. The number of likely N-dealkylation sites (tertiary alicyclic amines) is 1. The van der Waals surface area contributed by atoms with E-state index in [1.165, 1.54) is 60.5 Å². The molecule has 0 bridgehead atoms. The summed E-state index contributed by atoms with van der Waals surface area (Å²) in [6.45, 7) is -2.57. The third kappa shape index (κ3) is 7.87. The Morgan fingerprint density at radius 3 is 1.81 bits per heavy atom. The molecule has 3 unspecified atom stereocenters. The van der Waals surface area contributed by atoms with Crippen LogP contribution in [-0.4, -0.2) is 58.0 Å². The zero-order chi connectivity index (χ0) is 45.2. The number of β-lactam (4-membered cyclic amide) rings is 1. The van der Waals surface area contributed by atoms with Crippen molar-refractivity contribution in [1.82, 2.24) is 8.87 Å². The number of amides is 1. The van der Waals surface area contributed by atoms with Crippen LogP contribution in [0.1, 0.15) is 24.3 Å². The van der Waals surface area contributed by atoms with Crippen molar-refractivity contribution in [2.24, 2.45) is 5.92 Å². The molecule has 3 atom stereocenters. The summed E-state index contributed by atoms with van der Waals surface area (Å²) < 4.78 is 47.8. The highest BCUT2D eigenvalue weighted by Crippen LogP contribution is 2.52. The minimum absolute atomic E-state index is 0.0122. The highest BCUT2D eigenvalue weighted by Gasteiger charge is 2.57. The summed E-state index contributed by atoms with van der Waals surface area (Å²) in [6, 6.07) is 47.6. The highest BCUT2D eigenvalue weighted by molar-refractivity contribution is 7.96. The fourth-order valence-electron chi connectivity index (χ4n) is 8.07. The number of esters is 2. The molecule has 0 radical (unpaired) electrons. The molecule has 1 aliphatic heterocycles. The van der Waals surface area contributed by atoms with E-state index in [0.717, 1.165) is 10.9 Å². The van der Waals surface area contributed by atoms with Gasteiger partial charge in [0.05, 0.1) is 33.5 Å². The molecule has 1 saturated heterocycles. The summed E-state index contributed by atoms with van der Waals surface area (Å²) in [7, 11) is -2.96. The normalized spacial score (nSPS) is 15.5. The van der Waals surface area contributed by atoms with Gasteiger partial charge in [-0.25, -0.2) is 17.2 Å². The van der Waals surface area contributed by atoms with Gasteiger partial charge in [0.15, 0.2) is 6.10 Å². The van der Waals surface area contributed by atoms with Gasteiger partial charge in [0.1, 0.15) is 23.7 Å². The Kier molecular flexibility index (Phi) is 12.3. The molecule has 2 heterocycles. The third-order valence-corrected chi connectivity index (χ3v) is 17.5. The van der Waals surface area contributed by atoms with Crippen LogP contribution in [0, 0.1) is 16.0 Å². The molecule has 1 fully saturated rings. The number of nitro groups is 1. The lowest BCUT2D eigenvalue weighted by molar-refractivity contribution is -0.384. The van der Waals surface area contributed by atoms with Gasteiger partial charge < -0.3 is 14.2 Å². The predicted molar refractivity (Wildman–Crippen MR) is 248 cm³/mol. The number of para-hydroxylation sites is 1. The molecule has 64 heavy (non-hydrogen) atoms. The van der Waals surface area contributed by atoms with Gasteiger partial charge >= 0.3 is 11.9 Å². The predicted octanol–water partition coefficient (Wildman–Crippen LogP) is 6.98. The van der Waals surface area contributed by atoms with Gasteiger partial charge in [-0.1, -0.05) is 109 Å². The summed E-state index contributed by atoms with van der Waals surface area (Å²) in [5, 5.41) is 12.8. The molecule has 13 nitrogen and oxygen atoms in total. The highest BCUT2D eigenvalue weighted by atomic mass is 32.2. The van der Waals surface area contributed by atoms with Crippen LogP contribution in [0.5, 0.6) is 5.75 Å². The number of ether oxygens (including phenoxy) is 3. The Morgan fingerprint density at radius 1 is 0.781 bits per heavy atom. The van der Waals surface area contributed by atoms with Gasteiger partial charge in [-0.15, -0.1) is 0 Å². The molecular formula is C48H40N3O10PS2. The van der Waals surface area contributed by atoms with Crippen LogP contribution in [0.2, 0.25) is 0 Å². The first-order chi connectivity index (χ1) is 30.9. The number of carbonyl (C=O) groups is 3. The van der Waals surface area contributed by atoms with Crippen LogP contribution < -0.4 is 20.7 Å². The molecule has 0 aliphatic carbocycles. The van der Waals surface area contributed by atoms with E-state index >= 15 is 9.59 Å². The van der Waals surface area contributed by atoms with Crippen molar-refractivity contribution in [1.29, 1.82) is 0 Å². The first kappa shape index (κ1) is 43.7. The lowest BCUT2D eigenvalue weighted by Crippen LogP contribution is -2.65. The second-order valence-corrected chi connectivity index (χ2v) is 20.4. The van der Waals surface area contributed by atoms with E-state index in [9.17, 15) is 23.3 Å². The molecule has 16 heteroatoms. The van der Waals surface area contributed by atoms with Crippen molar-refractivity contribution < 1.29 is 41.9 Å². The molecule has 1 aliphatic rings. The molecular weight excluding hydrogens is 874 g/mol. The smallest absolute Gasteiger partial charge is 0.356 e. The summed E-state index contributed by atoms with van der Waals surface area (Å²) in [5.74, 6) is -3.22. The summed E-state index contributed by atoms with van der Waals surface area (Å²) in [5.41, 5.74) is 0.540. The number of thiol groups is 1. The van der Waals surface area contributed by atoms with Crippen LogP contribution in [0.3, 0.4) is 0 Å². The van der Waals surface area contributed by atoms with E-state index in [1.54, 1.807) is 30.3 Å². The van der Waals surface area contributed by atoms with E-state index < -0.39 is 57.1 Å². The van der Waals surface area contributed by atoms with Gasteiger partial charge in [0.25, 0.3) is 15.7 Å². The van der Waals surface area contributed by atoms with Crippen LogP contribution in [0.25, 0.3) is 10.9 Å². The number of nitrogens with zero attached hydrogens (tertiary/aromatic N) is 3. The van der Waals surface area contributed by atoms with Crippen LogP contribution in [0.4, 0.5) is 5.69 Å². The molecule has 7 aromatic rings. The number of rotatable bonds is 14. The molecule has 8 rings (SSSR count). The van der Waals surface area contributed by atoms with Gasteiger partial charge in [-0.3, -0.25) is 24.6 Å². The number of hydrogen-bond acceptors (Lipinski definition) is 11. The zero-order valence-corrected chi connectivity index (χ0v) is 36.9. The number of non-ortho nitro benzene ring substituents is 1. The van der Waals surface area contributed by atoms with Gasteiger partial charge in [0, 0.05) is 31.3 Å². The van der Waals surface area contributed by atoms with E-state index in [2.05, 4.69) is 0 Å².